The maximum Gasteiger partial charge on any atom is 0.331 e. The predicted molar refractivity (Wildman–Crippen MR) is 64.1 cm³/mol. The minimum atomic E-state index is -1.33. The fraction of sp³-hybridized carbons (Fsp3) is 0.333. The second-order valence-electron chi connectivity index (χ2n) is 4.27. The van der Waals surface area contributed by atoms with Crippen LogP contribution in [0.3, 0.4) is 0 Å². The normalized spacial score (nSPS) is 22.7. The summed E-state index contributed by atoms with van der Waals surface area (Å²) >= 11 is 0. The molecule has 0 radical (unpaired) electrons. The van der Waals surface area contributed by atoms with Crippen molar-refractivity contribution in [1.29, 1.82) is 0 Å². The number of carbonyl (C=O) groups excluding carboxylic acids is 1. The fourth-order valence-corrected chi connectivity index (χ4v) is 1.86. The Morgan fingerprint density at radius 2 is 2.22 bits per heavy atom. The molecule has 2 rings (SSSR count). The molecule has 1 amide bonds. The zero-order valence-electron chi connectivity index (χ0n) is 9.68. The molecule has 0 bridgehead atoms. The SMILES string of the molecule is Nc1cccc(C(=O)NC2(C(=O)O)CCOC2)c1. The molecule has 1 aliphatic rings. The topological polar surface area (TPSA) is 102 Å². The van der Waals surface area contributed by atoms with Crippen LogP contribution < -0.4 is 11.1 Å². The van der Waals surface area contributed by atoms with E-state index in [-0.39, 0.29) is 13.0 Å². The van der Waals surface area contributed by atoms with Gasteiger partial charge >= 0.3 is 5.97 Å². The van der Waals surface area contributed by atoms with E-state index in [1.54, 1.807) is 18.2 Å². The van der Waals surface area contributed by atoms with E-state index in [0.29, 0.717) is 17.9 Å². The smallest absolute Gasteiger partial charge is 0.331 e. The molecule has 18 heavy (non-hydrogen) atoms. The van der Waals surface area contributed by atoms with E-state index in [4.69, 9.17) is 10.5 Å². The minimum Gasteiger partial charge on any atom is -0.479 e. The van der Waals surface area contributed by atoms with Crippen molar-refractivity contribution in [2.75, 3.05) is 18.9 Å². The van der Waals surface area contributed by atoms with Gasteiger partial charge in [-0.1, -0.05) is 6.07 Å². The summed E-state index contributed by atoms with van der Waals surface area (Å²) in [6.07, 6.45) is 0.260. The summed E-state index contributed by atoms with van der Waals surface area (Å²) in [6.45, 7) is 0.305. The van der Waals surface area contributed by atoms with E-state index in [1.807, 2.05) is 0 Å². The van der Waals surface area contributed by atoms with Crippen LogP contribution in [0, 0.1) is 0 Å². The first-order valence-corrected chi connectivity index (χ1v) is 5.53. The largest absolute Gasteiger partial charge is 0.479 e. The zero-order chi connectivity index (χ0) is 13.2. The number of carbonyl (C=O) groups is 2. The average Bonchev–Trinajstić information content (AvgIpc) is 2.79. The molecule has 0 saturated carbocycles. The van der Waals surface area contributed by atoms with Gasteiger partial charge in [-0.15, -0.1) is 0 Å². The lowest BCUT2D eigenvalue weighted by atomic mass is 9.98. The van der Waals surface area contributed by atoms with E-state index in [9.17, 15) is 14.7 Å². The van der Waals surface area contributed by atoms with Gasteiger partial charge in [0.2, 0.25) is 0 Å². The number of hydrogen-bond acceptors (Lipinski definition) is 4. The summed E-state index contributed by atoms with van der Waals surface area (Å²) < 4.78 is 5.06. The lowest BCUT2D eigenvalue weighted by molar-refractivity contribution is -0.144. The number of rotatable bonds is 3. The Labute approximate surface area is 104 Å². The van der Waals surface area contributed by atoms with Gasteiger partial charge in [-0.25, -0.2) is 4.79 Å². The molecule has 6 nitrogen and oxygen atoms in total. The number of ether oxygens (including phenoxy) is 1. The maximum atomic E-state index is 12.0. The fourth-order valence-electron chi connectivity index (χ4n) is 1.86. The van der Waals surface area contributed by atoms with Gasteiger partial charge in [0.25, 0.3) is 5.91 Å². The number of nitrogens with one attached hydrogen (secondary N) is 1. The molecular formula is C12H14N2O4. The van der Waals surface area contributed by atoms with Crippen LogP contribution in [0.1, 0.15) is 16.8 Å². The predicted octanol–water partition coefficient (Wildman–Crippen LogP) is 0.242. The molecule has 1 saturated heterocycles. The van der Waals surface area contributed by atoms with Crippen molar-refractivity contribution in [2.24, 2.45) is 0 Å². The Bertz CT molecular complexity index is 481. The molecule has 1 fully saturated rings. The monoisotopic (exact) mass is 250 g/mol. The molecule has 4 N–H and O–H groups in total. The molecule has 1 aliphatic heterocycles. The zero-order valence-corrected chi connectivity index (χ0v) is 9.68. The number of carboxylic acid groups (broad SMARTS) is 1. The van der Waals surface area contributed by atoms with Gasteiger partial charge in [-0.2, -0.15) is 0 Å². The number of nitrogens with two attached hydrogens (primary N) is 1. The summed E-state index contributed by atoms with van der Waals surface area (Å²) in [7, 11) is 0. The highest BCUT2D eigenvalue weighted by Gasteiger charge is 2.44. The Morgan fingerprint density at radius 3 is 2.78 bits per heavy atom. The second kappa shape index (κ2) is 4.66. The molecule has 0 aliphatic carbocycles. The number of aliphatic carboxylic acids is 1. The molecule has 96 valence electrons. The number of carboxylic acids is 1. The summed E-state index contributed by atoms with van der Waals surface area (Å²) in [5, 5.41) is 11.7. The highest BCUT2D eigenvalue weighted by atomic mass is 16.5. The molecule has 1 aromatic carbocycles. The van der Waals surface area contributed by atoms with Crippen LogP contribution in [0.25, 0.3) is 0 Å². The number of anilines is 1. The van der Waals surface area contributed by atoms with Crippen molar-refractivity contribution in [1.82, 2.24) is 5.32 Å². The quantitative estimate of drug-likeness (QED) is 0.667. The van der Waals surface area contributed by atoms with Crippen molar-refractivity contribution < 1.29 is 19.4 Å². The minimum absolute atomic E-state index is 0.0175. The van der Waals surface area contributed by atoms with Crippen molar-refractivity contribution in [2.45, 2.75) is 12.0 Å². The third-order valence-corrected chi connectivity index (χ3v) is 2.93. The van der Waals surface area contributed by atoms with Crippen molar-refractivity contribution in [3.63, 3.8) is 0 Å². The molecule has 0 aromatic heterocycles. The van der Waals surface area contributed by atoms with Gasteiger partial charge in [0.05, 0.1) is 6.61 Å². The van der Waals surface area contributed by atoms with Crippen LogP contribution in [0.2, 0.25) is 0 Å². The number of nitrogen functional groups attached to an aromatic ring is 1. The second-order valence-corrected chi connectivity index (χ2v) is 4.27. The summed E-state index contributed by atoms with van der Waals surface area (Å²) in [5.74, 6) is -1.55. The van der Waals surface area contributed by atoms with Gasteiger partial charge in [-0.05, 0) is 18.2 Å². The summed E-state index contributed by atoms with van der Waals surface area (Å²) in [5.41, 5.74) is 5.03. The third-order valence-electron chi connectivity index (χ3n) is 2.93. The summed E-state index contributed by atoms with van der Waals surface area (Å²) in [4.78, 5) is 23.2. The van der Waals surface area contributed by atoms with Crippen LogP contribution in [0.5, 0.6) is 0 Å². The van der Waals surface area contributed by atoms with Crippen LogP contribution in [-0.4, -0.2) is 35.7 Å². The number of amides is 1. The molecule has 1 unspecified atom stereocenters. The van der Waals surface area contributed by atoms with Crippen LogP contribution in [0.4, 0.5) is 5.69 Å². The van der Waals surface area contributed by atoms with Crippen molar-refractivity contribution in [3.05, 3.63) is 29.8 Å². The standard InChI is InChI=1S/C12H14N2O4/c13-9-3-1-2-8(6-9)10(15)14-12(11(16)17)4-5-18-7-12/h1-3,6H,4-5,7,13H2,(H,14,15)(H,16,17). The van der Waals surface area contributed by atoms with Crippen LogP contribution >= 0.6 is 0 Å². The van der Waals surface area contributed by atoms with Crippen molar-refractivity contribution >= 4 is 17.6 Å². The first kappa shape index (κ1) is 12.4. The first-order valence-electron chi connectivity index (χ1n) is 5.53. The number of hydrogen-bond donors (Lipinski definition) is 3. The van der Waals surface area contributed by atoms with Crippen LogP contribution in [-0.2, 0) is 9.53 Å². The highest BCUT2D eigenvalue weighted by molar-refractivity contribution is 5.98. The molecule has 0 spiro atoms. The van der Waals surface area contributed by atoms with Gasteiger partial charge in [0.15, 0.2) is 5.54 Å². The summed E-state index contributed by atoms with van der Waals surface area (Å²) in [6, 6.07) is 6.38. The van der Waals surface area contributed by atoms with E-state index in [1.165, 1.54) is 6.07 Å². The Morgan fingerprint density at radius 1 is 1.44 bits per heavy atom. The van der Waals surface area contributed by atoms with E-state index < -0.39 is 17.4 Å². The van der Waals surface area contributed by atoms with Gasteiger partial charge in [0.1, 0.15) is 0 Å². The highest BCUT2D eigenvalue weighted by Crippen LogP contribution is 2.20. The molecule has 1 atom stereocenters. The molecule has 1 heterocycles. The average molecular weight is 250 g/mol. The Kier molecular flexibility index (Phi) is 3.20. The van der Waals surface area contributed by atoms with Crippen molar-refractivity contribution in [3.8, 4) is 0 Å². The Balaban J connectivity index is 2.18. The van der Waals surface area contributed by atoms with E-state index in [0.717, 1.165) is 0 Å². The van der Waals surface area contributed by atoms with Gasteiger partial charge < -0.3 is 20.9 Å². The molecular weight excluding hydrogens is 236 g/mol. The third kappa shape index (κ3) is 2.28. The lowest BCUT2D eigenvalue weighted by Crippen LogP contribution is -2.55. The van der Waals surface area contributed by atoms with E-state index in [2.05, 4.69) is 5.32 Å². The van der Waals surface area contributed by atoms with Crippen LogP contribution in [0.15, 0.2) is 24.3 Å². The van der Waals surface area contributed by atoms with E-state index >= 15 is 0 Å². The first-order chi connectivity index (χ1) is 8.53. The number of benzene rings is 1. The molecule has 1 aromatic rings. The lowest BCUT2D eigenvalue weighted by Gasteiger charge is -2.23. The van der Waals surface area contributed by atoms with Gasteiger partial charge in [-0.3, -0.25) is 4.79 Å². The molecule has 6 heteroatoms. The van der Waals surface area contributed by atoms with Gasteiger partial charge in [0, 0.05) is 24.3 Å². The Hall–Kier alpha value is -2.08. The maximum absolute atomic E-state index is 12.0.